The molecule has 1 fully saturated rings. The topological polar surface area (TPSA) is 26.3 Å². The Morgan fingerprint density at radius 2 is 1.95 bits per heavy atom. The lowest BCUT2D eigenvalue weighted by atomic mass is 9.66. The summed E-state index contributed by atoms with van der Waals surface area (Å²) < 4.78 is 5.90. The van der Waals surface area contributed by atoms with Crippen LogP contribution in [0.1, 0.15) is 69.3 Å². The van der Waals surface area contributed by atoms with E-state index < -0.39 is 0 Å². The molecule has 2 nitrogen and oxygen atoms in total. The van der Waals surface area contributed by atoms with Crippen LogP contribution in [0.15, 0.2) is 18.2 Å². The number of hydrogen-bond donors (Lipinski definition) is 0. The fraction of sp³-hybridized carbons (Fsp3) is 0.632. The molecule has 0 aromatic heterocycles. The van der Waals surface area contributed by atoms with Gasteiger partial charge in [-0.15, -0.1) is 0 Å². The number of hydrogen-bond acceptors (Lipinski definition) is 2. The first-order valence-electron chi connectivity index (χ1n) is 8.15. The normalized spacial score (nSPS) is 26.0. The van der Waals surface area contributed by atoms with E-state index in [2.05, 4.69) is 33.8 Å². The molecule has 3 rings (SSSR count). The van der Waals surface area contributed by atoms with Crippen LogP contribution in [-0.2, 0) is 6.42 Å². The van der Waals surface area contributed by atoms with Crippen LogP contribution < -0.4 is 4.74 Å². The Balaban J connectivity index is 1.87. The van der Waals surface area contributed by atoms with Crippen molar-refractivity contribution in [2.75, 3.05) is 0 Å². The molecule has 1 aromatic rings. The number of rotatable bonds is 2. The molecule has 1 atom stereocenters. The number of carbonyl (C=O) groups excluding carboxylic acids is 1. The van der Waals surface area contributed by atoms with E-state index in [1.807, 2.05) is 12.1 Å². The number of benzene rings is 1. The first kappa shape index (κ1) is 14.6. The van der Waals surface area contributed by atoms with Crippen molar-refractivity contribution in [2.24, 2.45) is 11.3 Å². The number of fused-ring (bicyclic) bond motifs is 1. The molecule has 21 heavy (non-hydrogen) atoms. The zero-order valence-corrected chi connectivity index (χ0v) is 13.7. The van der Waals surface area contributed by atoms with Gasteiger partial charge in [-0.05, 0) is 55.9 Å². The van der Waals surface area contributed by atoms with Gasteiger partial charge >= 0.3 is 0 Å². The Morgan fingerprint density at radius 1 is 1.19 bits per heavy atom. The maximum absolute atomic E-state index is 12.9. The summed E-state index contributed by atoms with van der Waals surface area (Å²) in [5.41, 5.74) is 2.03. The maximum atomic E-state index is 12.9. The van der Waals surface area contributed by atoms with Crippen molar-refractivity contribution in [3.63, 3.8) is 0 Å². The van der Waals surface area contributed by atoms with Gasteiger partial charge in [0.05, 0.1) is 0 Å². The lowest BCUT2D eigenvalue weighted by Crippen LogP contribution is -2.34. The van der Waals surface area contributed by atoms with E-state index in [0.717, 1.165) is 30.6 Å². The molecule has 0 N–H and O–H groups in total. The highest BCUT2D eigenvalue weighted by atomic mass is 16.5. The van der Waals surface area contributed by atoms with Crippen LogP contribution in [0.5, 0.6) is 5.75 Å². The average molecular weight is 286 g/mol. The van der Waals surface area contributed by atoms with Crippen molar-refractivity contribution < 1.29 is 9.53 Å². The van der Waals surface area contributed by atoms with Gasteiger partial charge in [0.2, 0.25) is 0 Å². The quantitative estimate of drug-likeness (QED) is 0.730. The predicted molar refractivity (Wildman–Crippen MR) is 84.9 cm³/mol. The van der Waals surface area contributed by atoms with Gasteiger partial charge in [0.25, 0.3) is 0 Å². The molecule has 0 radical (unpaired) electrons. The molecular weight excluding hydrogens is 260 g/mol. The minimum Gasteiger partial charge on any atom is -0.487 e. The number of Topliss-reactive ketones (excluding diaryl/α,β-unsaturated/α-hetero) is 1. The molecule has 2 aliphatic rings. The average Bonchev–Trinajstić information content (AvgIpc) is 2.70. The summed E-state index contributed by atoms with van der Waals surface area (Å²) in [5, 5.41) is 0. The van der Waals surface area contributed by atoms with Crippen molar-refractivity contribution in [1.29, 1.82) is 0 Å². The first-order valence-corrected chi connectivity index (χ1v) is 8.15. The Hall–Kier alpha value is -1.31. The molecule has 2 heteroatoms. The third-order valence-electron chi connectivity index (χ3n) is 5.17. The lowest BCUT2D eigenvalue weighted by Gasteiger charge is -2.37. The van der Waals surface area contributed by atoms with Crippen molar-refractivity contribution in [2.45, 2.75) is 65.4 Å². The second kappa shape index (κ2) is 4.86. The third kappa shape index (κ3) is 2.73. The molecule has 1 aliphatic heterocycles. The van der Waals surface area contributed by atoms with Crippen LogP contribution in [0.4, 0.5) is 0 Å². The fourth-order valence-electron chi connectivity index (χ4n) is 3.94. The maximum Gasteiger partial charge on any atom is 0.166 e. The predicted octanol–water partition coefficient (Wildman–Crippen LogP) is 4.80. The van der Waals surface area contributed by atoms with Crippen molar-refractivity contribution >= 4 is 5.78 Å². The number of ether oxygens (including phenoxy) is 1. The zero-order chi connectivity index (χ0) is 15.3. The molecule has 114 valence electrons. The molecule has 0 bridgehead atoms. The summed E-state index contributed by atoms with van der Waals surface area (Å²) in [4.78, 5) is 12.9. The van der Waals surface area contributed by atoms with E-state index in [4.69, 9.17) is 4.74 Å². The minimum atomic E-state index is -0.145. The van der Waals surface area contributed by atoms with Crippen LogP contribution >= 0.6 is 0 Å². The van der Waals surface area contributed by atoms with E-state index in [-0.39, 0.29) is 16.9 Å². The van der Waals surface area contributed by atoms with Gasteiger partial charge in [0, 0.05) is 17.9 Å². The summed E-state index contributed by atoms with van der Waals surface area (Å²) in [6.45, 7) is 8.68. The van der Waals surface area contributed by atoms with Crippen LogP contribution in [0.3, 0.4) is 0 Å². The van der Waals surface area contributed by atoms with Gasteiger partial charge in [-0.3, -0.25) is 4.79 Å². The van der Waals surface area contributed by atoms with Gasteiger partial charge in [-0.1, -0.05) is 26.7 Å². The Morgan fingerprint density at radius 3 is 2.67 bits per heavy atom. The molecular formula is C19H26O2. The van der Waals surface area contributed by atoms with Gasteiger partial charge in [-0.25, -0.2) is 0 Å². The zero-order valence-electron chi connectivity index (χ0n) is 13.7. The van der Waals surface area contributed by atoms with E-state index in [0.29, 0.717) is 5.78 Å². The SMILES string of the molecule is CC1(C)Cc2cc(C(=O)C3CCCCC3(C)C)ccc2O1. The van der Waals surface area contributed by atoms with E-state index in [1.54, 1.807) is 0 Å². The molecule has 1 aromatic carbocycles. The van der Waals surface area contributed by atoms with Crippen LogP contribution in [0, 0.1) is 11.3 Å². The second-order valence-electron chi connectivity index (χ2n) is 8.01. The molecule has 0 amide bonds. The second-order valence-corrected chi connectivity index (χ2v) is 8.01. The van der Waals surface area contributed by atoms with Gasteiger partial charge < -0.3 is 4.74 Å². The van der Waals surface area contributed by atoms with Crippen molar-refractivity contribution in [3.05, 3.63) is 29.3 Å². The van der Waals surface area contributed by atoms with Gasteiger partial charge in [0.15, 0.2) is 5.78 Å². The monoisotopic (exact) mass is 286 g/mol. The van der Waals surface area contributed by atoms with Crippen LogP contribution in [0.25, 0.3) is 0 Å². The number of carbonyl (C=O) groups is 1. The standard InChI is InChI=1S/C19H26O2/c1-18(2)10-6-5-7-15(18)17(20)13-8-9-16-14(11-13)12-19(3,4)21-16/h8-9,11,15H,5-7,10,12H2,1-4H3. The summed E-state index contributed by atoms with van der Waals surface area (Å²) >= 11 is 0. The molecule has 1 unspecified atom stereocenters. The molecule has 0 spiro atoms. The highest BCUT2D eigenvalue weighted by molar-refractivity contribution is 5.98. The summed E-state index contributed by atoms with van der Waals surface area (Å²) in [5.74, 6) is 1.44. The largest absolute Gasteiger partial charge is 0.487 e. The third-order valence-corrected chi connectivity index (χ3v) is 5.17. The summed E-state index contributed by atoms with van der Waals surface area (Å²) in [6.07, 6.45) is 5.51. The van der Waals surface area contributed by atoms with Gasteiger partial charge in [0.1, 0.15) is 11.4 Å². The van der Waals surface area contributed by atoms with Crippen molar-refractivity contribution in [3.8, 4) is 5.75 Å². The first-order chi connectivity index (χ1) is 9.78. The number of ketones is 1. The van der Waals surface area contributed by atoms with E-state index in [1.165, 1.54) is 18.4 Å². The molecule has 0 saturated heterocycles. The Kier molecular flexibility index (Phi) is 3.38. The summed E-state index contributed by atoms with van der Waals surface area (Å²) in [6, 6.07) is 6.00. The summed E-state index contributed by atoms with van der Waals surface area (Å²) in [7, 11) is 0. The Bertz CT molecular complexity index is 569. The highest BCUT2D eigenvalue weighted by Crippen LogP contribution is 2.43. The molecule has 1 saturated carbocycles. The Labute approximate surface area is 127 Å². The smallest absolute Gasteiger partial charge is 0.166 e. The molecule has 1 aliphatic carbocycles. The molecule has 1 heterocycles. The highest BCUT2D eigenvalue weighted by Gasteiger charge is 2.38. The van der Waals surface area contributed by atoms with Gasteiger partial charge in [-0.2, -0.15) is 0 Å². The van der Waals surface area contributed by atoms with Crippen LogP contribution in [-0.4, -0.2) is 11.4 Å². The van der Waals surface area contributed by atoms with E-state index in [9.17, 15) is 4.79 Å². The van der Waals surface area contributed by atoms with E-state index >= 15 is 0 Å². The fourth-order valence-corrected chi connectivity index (χ4v) is 3.94. The van der Waals surface area contributed by atoms with Crippen molar-refractivity contribution in [1.82, 2.24) is 0 Å². The lowest BCUT2D eigenvalue weighted by molar-refractivity contribution is 0.0697. The minimum absolute atomic E-state index is 0.129. The van der Waals surface area contributed by atoms with Crippen LogP contribution in [0.2, 0.25) is 0 Å².